The van der Waals surface area contributed by atoms with Gasteiger partial charge in [0.05, 0.1) is 0 Å². The van der Waals surface area contributed by atoms with Crippen LogP contribution in [0.25, 0.3) is 0 Å². The van der Waals surface area contributed by atoms with Gasteiger partial charge in [0.15, 0.2) is 0 Å². The Morgan fingerprint density at radius 1 is 1.47 bits per heavy atom. The van der Waals surface area contributed by atoms with E-state index in [-0.39, 0.29) is 23.8 Å². The molecule has 2 fully saturated rings. The lowest BCUT2D eigenvalue weighted by Crippen LogP contribution is -2.65. The zero-order chi connectivity index (χ0) is 14.2. The van der Waals surface area contributed by atoms with Gasteiger partial charge >= 0.3 is 0 Å². The first-order chi connectivity index (χ1) is 8.95. The molecule has 1 saturated heterocycles. The molecule has 106 valence electrons. The number of piperazine rings is 1. The van der Waals surface area contributed by atoms with Crippen molar-refractivity contribution in [1.29, 1.82) is 0 Å². The molecule has 1 aliphatic carbocycles. The Hall–Kier alpha value is -1.03. The van der Waals surface area contributed by atoms with Crippen LogP contribution in [0.3, 0.4) is 0 Å². The number of carbonyl (C=O) groups excluding carboxylic acids is 2. The Bertz CT molecular complexity index is 416. The van der Waals surface area contributed by atoms with E-state index >= 15 is 0 Å². The van der Waals surface area contributed by atoms with Crippen molar-refractivity contribution in [2.75, 3.05) is 6.54 Å². The number of nitrogens with zero attached hydrogens (tertiary/aromatic N) is 1. The second-order valence-electron chi connectivity index (χ2n) is 5.93. The SMILES string of the molecule is CC(=CCl)CN1C(=O)C(C(C)C)NC(=O)C1C1CC1. The number of hydrogen-bond acceptors (Lipinski definition) is 2. The van der Waals surface area contributed by atoms with Crippen LogP contribution in [0.15, 0.2) is 11.1 Å². The zero-order valence-corrected chi connectivity index (χ0v) is 12.4. The number of amides is 2. The zero-order valence-electron chi connectivity index (χ0n) is 11.6. The molecule has 0 aromatic carbocycles. The van der Waals surface area contributed by atoms with Crippen molar-refractivity contribution in [1.82, 2.24) is 10.2 Å². The highest BCUT2D eigenvalue weighted by Gasteiger charge is 2.48. The molecule has 1 saturated carbocycles. The standard InChI is InChI=1S/C14H21ClN2O2/c1-8(2)11-14(19)17(7-9(3)6-15)12(10-4-5-10)13(18)16-11/h6,8,10-12H,4-5,7H2,1-3H3,(H,16,18). The van der Waals surface area contributed by atoms with E-state index in [0.29, 0.717) is 12.5 Å². The second kappa shape index (κ2) is 5.53. The minimum Gasteiger partial charge on any atom is -0.342 e. The molecule has 2 rings (SSSR count). The third kappa shape index (κ3) is 2.94. The Kier molecular flexibility index (Phi) is 4.19. The molecule has 5 heteroatoms. The van der Waals surface area contributed by atoms with E-state index in [1.807, 2.05) is 20.8 Å². The molecule has 2 amide bonds. The van der Waals surface area contributed by atoms with Gasteiger partial charge in [-0.15, -0.1) is 0 Å². The van der Waals surface area contributed by atoms with E-state index in [1.54, 1.807) is 4.90 Å². The number of nitrogens with one attached hydrogen (secondary N) is 1. The Balaban J connectivity index is 2.24. The summed E-state index contributed by atoms with van der Waals surface area (Å²) in [6.07, 6.45) is 2.05. The molecule has 19 heavy (non-hydrogen) atoms. The normalized spacial score (nSPS) is 28.9. The van der Waals surface area contributed by atoms with E-state index in [9.17, 15) is 9.59 Å². The maximum atomic E-state index is 12.5. The van der Waals surface area contributed by atoms with Crippen molar-refractivity contribution in [3.8, 4) is 0 Å². The van der Waals surface area contributed by atoms with Crippen LogP contribution in [0.5, 0.6) is 0 Å². The molecule has 2 unspecified atom stereocenters. The molecule has 0 aromatic heterocycles. The van der Waals surface area contributed by atoms with Gasteiger partial charge in [0.2, 0.25) is 11.8 Å². The number of rotatable bonds is 4. The maximum Gasteiger partial charge on any atom is 0.246 e. The minimum absolute atomic E-state index is 0.0110. The molecule has 0 aromatic rings. The molecule has 4 nitrogen and oxygen atoms in total. The fourth-order valence-electron chi connectivity index (χ4n) is 2.57. The van der Waals surface area contributed by atoms with Crippen LogP contribution in [0.4, 0.5) is 0 Å². The molecular formula is C14H21ClN2O2. The largest absolute Gasteiger partial charge is 0.342 e. The van der Waals surface area contributed by atoms with Gasteiger partial charge in [-0.05, 0) is 37.2 Å². The van der Waals surface area contributed by atoms with Crippen LogP contribution in [-0.2, 0) is 9.59 Å². The monoisotopic (exact) mass is 284 g/mol. The first kappa shape index (κ1) is 14.4. The lowest BCUT2D eigenvalue weighted by molar-refractivity contribution is -0.151. The summed E-state index contributed by atoms with van der Waals surface area (Å²) in [6, 6.07) is -0.723. The van der Waals surface area contributed by atoms with Gasteiger partial charge in [-0.1, -0.05) is 25.4 Å². The summed E-state index contributed by atoms with van der Waals surface area (Å²) in [6.45, 7) is 6.21. The number of halogens is 1. The molecular weight excluding hydrogens is 264 g/mol. The van der Waals surface area contributed by atoms with Gasteiger partial charge < -0.3 is 10.2 Å². The fraction of sp³-hybridized carbons (Fsp3) is 0.714. The van der Waals surface area contributed by atoms with Gasteiger partial charge in [0, 0.05) is 12.1 Å². The van der Waals surface area contributed by atoms with Crippen LogP contribution in [0.2, 0.25) is 0 Å². The fourth-order valence-corrected chi connectivity index (χ4v) is 2.64. The third-order valence-corrected chi connectivity index (χ3v) is 4.17. The van der Waals surface area contributed by atoms with Crippen molar-refractivity contribution in [2.45, 2.75) is 45.7 Å². The third-order valence-electron chi connectivity index (χ3n) is 3.79. The smallest absolute Gasteiger partial charge is 0.246 e. The van der Waals surface area contributed by atoms with Crippen molar-refractivity contribution in [3.05, 3.63) is 11.1 Å². The van der Waals surface area contributed by atoms with Gasteiger partial charge in [0.25, 0.3) is 0 Å². The second-order valence-corrected chi connectivity index (χ2v) is 6.15. The van der Waals surface area contributed by atoms with Crippen LogP contribution >= 0.6 is 11.6 Å². The Labute approximate surface area is 119 Å². The molecule has 1 aliphatic heterocycles. The topological polar surface area (TPSA) is 49.4 Å². The van der Waals surface area contributed by atoms with Crippen LogP contribution in [-0.4, -0.2) is 35.3 Å². The lowest BCUT2D eigenvalue weighted by atomic mass is 9.95. The van der Waals surface area contributed by atoms with Gasteiger partial charge in [0.1, 0.15) is 12.1 Å². The summed E-state index contributed by atoms with van der Waals surface area (Å²) >= 11 is 5.70. The summed E-state index contributed by atoms with van der Waals surface area (Å²) in [5.41, 5.74) is 2.38. The van der Waals surface area contributed by atoms with E-state index in [4.69, 9.17) is 11.6 Å². The lowest BCUT2D eigenvalue weighted by Gasteiger charge is -2.40. The molecule has 1 heterocycles. The summed E-state index contributed by atoms with van der Waals surface area (Å²) in [7, 11) is 0. The quantitative estimate of drug-likeness (QED) is 0.857. The highest BCUT2D eigenvalue weighted by molar-refractivity contribution is 6.25. The Morgan fingerprint density at radius 2 is 2.11 bits per heavy atom. The predicted molar refractivity (Wildman–Crippen MR) is 74.6 cm³/mol. The van der Waals surface area contributed by atoms with E-state index in [0.717, 1.165) is 18.4 Å². The predicted octanol–water partition coefficient (Wildman–Crippen LogP) is 1.89. The van der Waals surface area contributed by atoms with Crippen molar-refractivity contribution in [2.24, 2.45) is 11.8 Å². The summed E-state index contributed by atoms with van der Waals surface area (Å²) in [4.78, 5) is 26.5. The number of hydrogen-bond donors (Lipinski definition) is 1. The summed E-state index contributed by atoms with van der Waals surface area (Å²) < 4.78 is 0. The van der Waals surface area contributed by atoms with Crippen LogP contribution in [0, 0.1) is 11.8 Å². The van der Waals surface area contributed by atoms with E-state index in [1.165, 1.54) is 5.54 Å². The van der Waals surface area contributed by atoms with Crippen molar-refractivity contribution < 1.29 is 9.59 Å². The van der Waals surface area contributed by atoms with Crippen molar-refractivity contribution in [3.63, 3.8) is 0 Å². The first-order valence-electron chi connectivity index (χ1n) is 6.82. The van der Waals surface area contributed by atoms with E-state index < -0.39 is 6.04 Å². The van der Waals surface area contributed by atoms with Crippen molar-refractivity contribution >= 4 is 23.4 Å². The van der Waals surface area contributed by atoms with Crippen LogP contribution < -0.4 is 5.32 Å². The highest BCUT2D eigenvalue weighted by atomic mass is 35.5. The Morgan fingerprint density at radius 3 is 2.58 bits per heavy atom. The minimum atomic E-state index is -0.411. The average molecular weight is 285 g/mol. The molecule has 2 atom stereocenters. The molecule has 1 N–H and O–H groups in total. The van der Waals surface area contributed by atoms with Gasteiger partial charge in [-0.3, -0.25) is 9.59 Å². The summed E-state index contributed by atoms with van der Waals surface area (Å²) in [5.74, 6) is 0.423. The highest BCUT2D eigenvalue weighted by Crippen LogP contribution is 2.37. The maximum absolute atomic E-state index is 12.5. The first-order valence-corrected chi connectivity index (χ1v) is 7.26. The number of carbonyl (C=O) groups is 2. The molecule has 2 aliphatic rings. The molecule has 0 radical (unpaired) electrons. The molecule has 0 bridgehead atoms. The van der Waals surface area contributed by atoms with E-state index in [2.05, 4.69) is 5.32 Å². The van der Waals surface area contributed by atoms with Gasteiger partial charge in [-0.2, -0.15) is 0 Å². The summed E-state index contributed by atoms with van der Waals surface area (Å²) in [5, 5.41) is 2.88. The average Bonchev–Trinajstić information content (AvgIpc) is 3.17. The van der Waals surface area contributed by atoms with Crippen LogP contribution in [0.1, 0.15) is 33.6 Å². The van der Waals surface area contributed by atoms with Gasteiger partial charge in [-0.25, -0.2) is 0 Å². The molecule has 0 spiro atoms.